The Labute approximate surface area is 107 Å². The van der Waals surface area contributed by atoms with Gasteiger partial charge in [0.2, 0.25) is 0 Å². The number of rotatable bonds is 6. The lowest BCUT2D eigenvalue weighted by Gasteiger charge is -2.18. The quantitative estimate of drug-likeness (QED) is 0.625. The van der Waals surface area contributed by atoms with E-state index in [4.69, 9.17) is 0 Å². The van der Waals surface area contributed by atoms with Crippen molar-refractivity contribution in [2.45, 2.75) is 59.1 Å². The van der Waals surface area contributed by atoms with E-state index in [2.05, 4.69) is 5.10 Å². The molecule has 0 aliphatic heterocycles. The molecule has 0 spiro atoms. The van der Waals surface area contributed by atoms with Crippen molar-refractivity contribution in [1.29, 1.82) is 0 Å². The van der Waals surface area contributed by atoms with Crippen molar-refractivity contribution in [1.82, 2.24) is 9.78 Å². The van der Waals surface area contributed by atoms with Crippen molar-refractivity contribution in [3.05, 3.63) is 21.5 Å². The first-order valence-corrected chi connectivity index (χ1v) is 6.33. The van der Waals surface area contributed by atoms with Gasteiger partial charge in [0.25, 0.3) is 0 Å². The van der Waals surface area contributed by atoms with Gasteiger partial charge in [0.15, 0.2) is 0 Å². The molecule has 1 rings (SSSR count). The average molecular weight is 255 g/mol. The van der Waals surface area contributed by atoms with Gasteiger partial charge in [-0.15, -0.1) is 0 Å². The first kappa shape index (κ1) is 14.6. The lowest BCUT2D eigenvalue weighted by atomic mass is 9.95. The van der Waals surface area contributed by atoms with Gasteiger partial charge in [0.1, 0.15) is 11.4 Å². The number of aryl methyl sites for hydroxylation is 2. The highest BCUT2D eigenvalue weighted by Crippen LogP contribution is 2.33. The molecule has 6 heteroatoms. The minimum Gasteiger partial charge on any atom is -0.393 e. The molecule has 0 aliphatic rings. The first-order valence-electron chi connectivity index (χ1n) is 6.33. The largest absolute Gasteiger partial charge is 0.393 e. The van der Waals surface area contributed by atoms with E-state index in [0.717, 1.165) is 6.42 Å². The molecule has 102 valence electrons. The summed E-state index contributed by atoms with van der Waals surface area (Å²) in [6.07, 6.45) is 0.870. The van der Waals surface area contributed by atoms with Gasteiger partial charge in [0, 0.05) is 12.5 Å². The van der Waals surface area contributed by atoms with Crippen LogP contribution >= 0.6 is 0 Å². The third kappa shape index (κ3) is 2.69. The standard InChI is InChI=1S/C12H21N3O3/c1-5-7-14-12(10(6-2)9(4)16)11(15(17)18)8(3)13-14/h9-10,16H,5-7H2,1-4H3. The number of aromatic nitrogens is 2. The third-order valence-corrected chi connectivity index (χ3v) is 3.13. The van der Waals surface area contributed by atoms with Crippen LogP contribution in [0.4, 0.5) is 5.69 Å². The highest BCUT2D eigenvalue weighted by Gasteiger charge is 2.32. The van der Waals surface area contributed by atoms with Gasteiger partial charge in [-0.3, -0.25) is 14.8 Å². The van der Waals surface area contributed by atoms with Gasteiger partial charge < -0.3 is 5.11 Å². The molecule has 1 aromatic rings. The summed E-state index contributed by atoms with van der Waals surface area (Å²) in [4.78, 5) is 10.8. The van der Waals surface area contributed by atoms with Crippen molar-refractivity contribution in [3.8, 4) is 0 Å². The van der Waals surface area contributed by atoms with Crippen LogP contribution in [-0.2, 0) is 6.54 Å². The smallest absolute Gasteiger partial charge is 0.313 e. The van der Waals surface area contributed by atoms with Crippen molar-refractivity contribution in [3.63, 3.8) is 0 Å². The maximum absolute atomic E-state index is 11.2. The summed E-state index contributed by atoms with van der Waals surface area (Å²) in [5.41, 5.74) is 1.02. The van der Waals surface area contributed by atoms with E-state index < -0.39 is 11.0 Å². The number of nitro groups is 1. The fourth-order valence-electron chi connectivity index (χ4n) is 2.33. The highest BCUT2D eigenvalue weighted by atomic mass is 16.6. The molecular formula is C12H21N3O3. The van der Waals surface area contributed by atoms with Crippen molar-refractivity contribution < 1.29 is 10.0 Å². The summed E-state index contributed by atoms with van der Waals surface area (Å²) in [5.74, 6) is -0.252. The summed E-state index contributed by atoms with van der Waals surface area (Å²) in [6.45, 7) is 7.85. The molecule has 18 heavy (non-hydrogen) atoms. The van der Waals surface area contributed by atoms with Crippen molar-refractivity contribution in [2.24, 2.45) is 0 Å². The lowest BCUT2D eigenvalue weighted by molar-refractivity contribution is -0.386. The van der Waals surface area contributed by atoms with Crippen LogP contribution in [0.1, 0.15) is 50.9 Å². The normalized spacial score (nSPS) is 14.5. The fraction of sp³-hybridized carbons (Fsp3) is 0.750. The number of hydrogen-bond acceptors (Lipinski definition) is 4. The van der Waals surface area contributed by atoms with E-state index in [0.29, 0.717) is 24.4 Å². The zero-order chi connectivity index (χ0) is 13.9. The molecule has 0 fully saturated rings. The van der Waals surface area contributed by atoms with Crippen LogP contribution in [0, 0.1) is 17.0 Å². The van der Waals surface area contributed by atoms with Gasteiger partial charge in [-0.25, -0.2) is 0 Å². The second-order valence-electron chi connectivity index (χ2n) is 4.55. The van der Waals surface area contributed by atoms with Crippen LogP contribution in [0.15, 0.2) is 0 Å². The summed E-state index contributed by atoms with van der Waals surface area (Å²) in [7, 11) is 0. The zero-order valence-corrected chi connectivity index (χ0v) is 11.4. The van der Waals surface area contributed by atoms with Crippen LogP contribution in [0.2, 0.25) is 0 Å². The maximum Gasteiger partial charge on any atom is 0.313 e. The van der Waals surface area contributed by atoms with E-state index in [1.54, 1.807) is 18.5 Å². The molecule has 1 N–H and O–H groups in total. The van der Waals surface area contributed by atoms with Gasteiger partial charge in [0.05, 0.1) is 11.0 Å². The molecule has 0 aliphatic carbocycles. The fourth-order valence-corrected chi connectivity index (χ4v) is 2.33. The summed E-state index contributed by atoms with van der Waals surface area (Å²) in [6, 6.07) is 0. The first-order chi connectivity index (χ1) is 8.43. The Hall–Kier alpha value is -1.43. The van der Waals surface area contributed by atoms with Gasteiger partial charge in [-0.1, -0.05) is 13.8 Å². The maximum atomic E-state index is 11.2. The van der Waals surface area contributed by atoms with Crippen LogP contribution in [0.25, 0.3) is 0 Å². The Morgan fingerprint density at radius 2 is 2.11 bits per heavy atom. The molecule has 2 atom stereocenters. The van der Waals surface area contributed by atoms with Gasteiger partial charge in [-0.2, -0.15) is 5.10 Å². The van der Waals surface area contributed by atoms with Crippen molar-refractivity contribution in [2.75, 3.05) is 0 Å². The second kappa shape index (κ2) is 5.95. The number of aliphatic hydroxyl groups excluding tert-OH is 1. The summed E-state index contributed by atoms with van der Waals surface area (Å²) >= 11 is 0. The monoisotopic (exact) mass is 255 g/mol. The third-order valence-electron chi connectivity index (χ3n) is 3.13. The van der Waals surface area contributed by atoms with E-state index in [-0.39, 0.29) is 11.6 Å². The Balaban J connectivity index is 3.39. The Morgan fingerprint density at radius 1 is 1.50 bits per heavy atom. The number of aliphatic hydroxyl groups is 1. The molecule has 0 radical (unpaired) electrons. The number of hydrogen-bond donors (Lipinski definition) is 1. The minimum absolute atomic E-state index is 0.0520. The molecule has 0 aromatic carbocycles. The molecular weight excluding hydrogens is 234 g/mol. The van der Waals surface area contributed by atoms with Crippen LogP contribution < -0.4 is 0 Å². The van der Waals surface area contributed by atoms with Crippen LogP contribution in [-0.4, -0.2) is 25.9 Å². The predicted octanol–water partition coefficient (Wildman–Crippen LogP) is 2.38. The van der Waals surface area contributed by atoms with Gasteiger partial charge in [-0.05, 0) is 26.7 Å². The molecule has 0 bridgehead atoms. The molecule has 0 saturated heterocycles. The molecule has 1 heterocycles. The van der Waals surface area contributed by atoms with E-state index in [9.17, 15) is 15.2 Å². The topological polar surface area (TPSA) is 81.2 Å². The molecule has 1 aromatic heterocycles. The second-order valence-corrected chi connectivity index (χ2v) is 4.55. The van der Waals surface area contributed by atoms with Crippen LogP contribution in [0.5, 0.6) is 0 Å². The lowest BCUT2D eigenvalue weighted by Crippen LogP contribution is -2.19. The average Bonchev–Trinajstić information content (AvgIpc) is 2.57. The Bertz CT molecular complexity index is 426. The number of nitrogens with zero attached hydrogens (tertiary/aromatic N) is 3. The predicted molar refractivity (Wildman–Crippen MR) is 68.6 cm³/mol. The molecule has 0 saturated carbocycles. The minimum atomic E-state index is -0.625. The summed E-state index contributed by atoms with van der Waals surface area (Å²) in [5, 5.41) is 25.2. The zero-order valence-electron chi connectivity index (χ0n) is 11.4. The highest BCUT2D eigenvalue weighted by molar-refractivity contribution is 5.43. The SMILES string of the molecule is CCCn1nc(C)c([N+](=O)[O-])c1C(CC)C(C)O. The van der Waals surface area contributed by atoms with E-state index in [1.165, 1.54) is 0 Å². The van der Waals surface area contributed by atoms with Crippen molar-refractivity contribution >= 4 is 5.69 Å². The molecule has 0 amide bonds. The summed E-state index contributed by atoms with van der Waals surface area (Å²) < 4.78 is 1.67. The van der Waals surface area contributed by atoms with Gasteiger partial charge >= 0.3 is 5.69 Å². The van der Waals surface area contributed by atoms with E-state index in [1.807, 2.05) is 13.8 Å². The van der Waals surface area contributed by atoms with Crippen LogP contribution in [0.3, 0.4) is 0 Å². The van der Waals surface area contributed by atoms with E-state index >= 15 is 0 Å². The molecule has 6 nitrogen and oxygen atoms in total. The Kier molecular flexibility index (Phi) is 4.84. The molecule has 2 unspecified atom stereocenters. The Morgan fingerprint density at radius 3 is 2.50 bits per heavy atom.